The standard InChI is InChI=1S/C11H9ClN2O2/c1-7-2-4-8(5-3-7)16-11-9(15)6-10(12)13-14-11/h2-6H,1H3,(H,13,15). The molecule has 0 atom stereocenters. The maximum Gasteiger partial charge on any atom is 0.285 e. The number of hydrogen-bond donors (Lipinski definition) is 1. The number of nitrogens with zero attached hydrogens (tertiary/aromatic N) is 1. The first-order valence-electron chi connectivity index (χ1n) is 4.65. The molecule has 0 fully saturated rings. The predicted octanol–water partition coefficient (Wildman–Crippen LogP) is 2.52. The molecule has 0 saturated carbocycles. The molecule has 4 nitrogen and oxygen atoms in total. The zero-order valence-corrected chi connectivity index (χ0v) is 9.28. The van der Waals surface area contributed by atoms with E-state index >= 15 is 0 Å². The van der Waals surface area contributed by atoms with Gasteiger partial charge in [0, 0.05) is 6.07 Å². The van der Waals surface area contributed by atoms with Crippen LogP contribution in [0.3, 0.4) is 0 Å². The molecule has 1 N–H and O–H groups in total. The molecule has 0 bridgehead atoms. The Morgan fingerprint density at radius 1 is 1.31 bits per heavy atom. The minimum atomic E-state index is -0.357. The van der Waals surface area contributed by atoms with Gasteiger partial charge in [-0.15, -0.1) is 5.10 Å². The number of aromatic nitrogens is 2. The highest BCUT2D eigenvalue weighted by Crippen LogP contribution is 2.16. The largest absolute Gasteiger partial charge is 0.435 e. The van der Waals surface area contributed by atoms with E-state index in [0.717, 1.165) is 5.56 Å². The molecule has 1 aromatic heterocycles. The maximum atomic E-state index is 11.4. The highest BCUT2D eigenvalue weighted by Gasteiger charge is 2.04. The number of ether oxygens (including phenoxy) is 1. The van der Waals surface area contributed by atoms with Gasteiger partial charge in [-0.3, -0.25) is 9.89 Å². The van der Waals surface area contributed by atoms with Crippen LogP contribution in [-0.4, -0.2) is 10.2 Å². The van der Waals surface area contributed by atoms with E-state index in [9.17, 15) is 4.79 Å². The number of benzene rings is 1. The fraction of sp³-hybridized carbons (Fsp3) is 0.0909. The molecule has 0 saturated heterocycles. The predicted molar refractivity (Wildman–Crippen MR) is 61.1 cm³/mol. The van der Waals surface area contributed by atoms with Crippen molar-refractivity contribution in [2.24, 2.45) is 0 Å². The SMILES string of the molecule is Cc1ccc(Oc2n[nH]c(Cl)cc2=O)cc1. The molecule has 0 aliphatic carbocycles. The second-order valence-electron chi connectivity index (χ2n) is 3.30. The molecular weight excluding hydrogens is 228 g/mol. The topological polar surface area (TPSA) is 55.0 Å². The molecule has 5 heteroatoms. The molecule has 0 aliphatic rings. The molecule has 82 valence electrons. The van der Waals surface area contributed by atoms with Gasteiger partial charge < -0.3 is 4.74 Å². The van der Waals surface area contributed by atoms with Crippen molar-refractivity contribution in [1.29, 1.82) is 0 Å². The Balaban J connectivity index is 2.27. The summed E-state index contributed by atoms with van der Waals surface area (Å²) in [6, 6.07) is 8.53. The molecule has 0 aliphatic heterocycles. The first-order valence-corrected chi connectivity index (χ1v) is 5.03. The maximum absolute atomic E-state index is 11.4. The van der Waals surface area contributed by atoms with Gasteiger partial charge in [0.25, 0.3) is 5.88 Å². The highest BCUT2D eigenvalue weighted by atomic mass is 35.5. The Morgan fingerprint density at radius 2 is 2.00 bits per heavy atom. The van der Waals surface area contributed by atoms with Crippen molar-refractivity contribution >= 4 is 11.6 Å². The average molecular weight is 237 g/mol. The van der Waals surface area contributed by atoms with Crippen LogP contribution in [0.25, 0.3) is 0 Å². The van der Waals surface area contributed by atoms with E-state index in [1.165, 1.54) is 6.07 Å². The van der Waals surface area contributed by atoms with E-state index < -0.39 is 0 Å². The Labute approximate surface area is 96.8 Å². The van der Waals surface area contributed by atoms with Crippen LogP contribution in [0.2, 0.25) is 5.15 Å². The second kappa shape index (κ2) is 4.37. The van der Waals surface area contributed by atoms with Crippen molar-refractivity contribution in [3.63, 3.8) is 0 Å². The summed E-state index contributed by atoms with van der Waals surface area (Å²) < 4.78 is 5.31. The Bertz CT molecular complexity index is 549. The van der Waals surface area contributed by atoms with Crippen LogP contribution in [-0.2, 0) is 0 Å². The summed E-state index contributed by atoms with van der Waals surface area (Å²) >= 11 is 5.57. The number of nitrogens with one attached hydrogen (secondary N) is 1. The van der Waals surface area contributed by atoms with Gasteiger partial charge in [0.15, 0.2) is 0 Å². The molecule has 2 aromatic rings. The minimum absolute atomic E-state index is 0.0201. The van der Waals surface area contributed by atoms with E-state index in [1.807, 2.05) is 19.1 Å². The fourth-order valence-electron chi connectivity index (χ4n) is 1.16. The third-order valence-corrected chi connectivity index (χ3v) is 2.16. The number of H-pyrrole nitrogens is 1. The molecule has 0 unspecified atom stereocenters. The molecule has 16 heavy (non-hydrogen) atoms. The van der Waals surface area contributed by atoms with Gasteiger partial charge in [-0.2, -0.15) is 0 Å². The highest BCUT2D eigenvalue weighted by molar-refractivity contribution is 6.29. The van der Waals surface area contributed by atoms with Crippen LogP contribution in [0.4, 0.5) is 0 Å². The lowest BCUT2D eigenvalue weighted by Gasteiger charge is -2.03. The van der Waals surface area contributed by atoms with Gasteiger partial charge in [-0.25, -0.2) is 0 Å². The monoisotopic (exact) mass is 236 g/mol. The van der Waals surface area contributed by atoms with Crippen molar-refractivity contribution < 1.29 is 4.74 Å². The number of aromatic amines is 1. The van der Waals surface area contributed by atoms with Gasteiger partial charge in [0.2, 0.25) is 5.43 Å². The second-order valence-corrected chi connectivity index (χ2v) is 3.71. The van der Waals surface area contributed by atoms with E-state index in [1.54, 1.807) is 12.1 Å². The first-order chi connectivity index (χ1) is 7.65. The molecule has 1 aromatic carbocycles. The zero-order valence-electron chi connectivity index (χ0n) is 8.53. The Morgan fingerprint density at radius 3 is 2.62 bits per heavy atom. The van der Waals surface area contributed by atoms with E-state index in [2.05, 4.69) is 10.2 Å². The van der Waals surface area contributed by atoms with Crippen LogP contribution in [0.15, 0.2) is 35.1 Å². The lowest BCUT2D eigenvalue weighted by atomic mass is 10.2. The third-order valence-electron chi connectivity index (χ3n) is 1.97. The van der Waals surface area contributed by atoms with Crippen molar-refractivity contribution in [2.45, 2.75) is 6.92 Å². The molecule has 0 amide bonds. The quantitative estimate of drug-likeness (QED) is 0.872. The van der Waals surface area contributed by atoms with Crippen LogP contribution < -0.4 is 10.2 Å². The first kappa shape index (κ1) is 10.7. The lowest BCUT2D eigenvalue weighted by molar-refractivity contribution is 0.450. The molecule has 0 spiro atoms. The molecule has 0 radical (unpaired) electrons. The summed E-state index contributed by atoms with van der Waals surface area (Å²) in [5.41, 5.74) is 0.759. The summed E-state index contributed by atoms with van der Waals surface area (Å²) in [7, 11) is 0. The van der Waals surface area contributed by atoms with E-state index in [4.69, 9.17) is 16.3 Å². The van der Waals surface area contributed by atoms with Gasteiger partial charge >= 0.3 is 0 Å². The van der Waals surface area contributed by atoms with Crippen molar-refractivity contribution in [3.8, 4) is 11.6 Å². The third kappa shape index (κ3) is 2.41. The summed E-state index contributed by atoms with van der Waals surface area (Å²) in [5.74, 6) is 0.541. The van der Waals surface area contributed by atoms with Gasteiger partial charge in [0.05, 0.1) is 0 Å². The number of hydrogen-bond acceptors (Lipinski definition) is 3. The summed E-state index contributed by atoms with van der Waals surface area (Å²) in [5, 5.41) is 6.35. The number of rotatable bonds is 2. The van der Waals surface area contributed by atoms with E-state index in [-0.39, 0.29) is 16.5 Å². The van der Waals surface area contributed by atoms with Crippen LogP contribution in [0.1, 0.15) is 5.56 Å². The van der Waals surface area contributed by atoms with Crippen molar-refractivity contribution in [2.75, 3.05) is 0 Å². The van der Waals surface area contributed by atoms with Crippen LogP contribution >= 0.6 is 11.6 Å². The number of halogens is 1. The van der Waals surface area contributed by atoms with E-state index in [0.29, 0.717) is 5.75 Å². The lowest BCUT2D eigenvalue weighted by Crippen LogP contribution is -2.07. The zero-order chi connectivity index (χ0) is 11.5. The number of aryl methyl sites for hydroxylation is 1. The molecule has 1 heterocycles. The Hall–Kier alpha value is -1.81. The molecular formula is C11H9ClN2O2. The average Bonchev–Trinajstić information content (AvgIpc) is 2.25. The van der Waals surface area contributed by atoms with Gasteiger partial charge in [0.1, 0.15) is 10.9 Å². The smallest absolute Gasteiger partial charge is 0.285 e. The summed E-state index contributed by atoms with van der Waals surface area (Å²) in [6.45, 7) is 1.97. The molecule has 2 rings (SSSR count). The van der Waals surface area contributed by atoms with Gasteiger partial charge in [-0.1, -0.05) is 29.3 Å². The van der Waals surface area contributed by atoms with Crippen LogP contribution in [0.5, 0.6) is 11.6 Å². The normalized spacial score (nSPS) is 10.1. The van der Waals surface area contributed by atoms with Crippen molar-refractivity contribution in [3.05, 3.63) is 51.3 Å². The van der Waals surface area contributed by atoms with Crippen LogP contribution in [0, 0.1) is 6.92 Å². The fourth-order valence-corrected chi connectivity index (χ4v) is 1.30. The minimum Gasteiger partial charge on any atom is -0.435 e. The van der Waals surface area contributed by atoms with Gasteiger partial charge in [-0.05, 0) is 19.1 Å². The summed E-state index contributed by atoms with van der Waals surface area (Å²) in [4.78, 5) is 11.4. The Kier molecular flexibility index (Phi) is 2.92. The summed E-state index contributed by atoms with van der Waals surface area (Å²) in [6.07, 6.45) is 0. The van der Waals surface area contributed by atoms with Crippen molar-refractivity contribution in [1.82, 2.24) is 10.2 Å².